The van der Waals surface area contributed by atoms with E-state index in [0.29, 0.717) is 24.4 Å². The molecular formula is C24H29N2O5+. The van der Waals surface area contributed by atoms with Crippen LogP contribution in [-0.4, -0.2) is 54.0 Å². The van der Waals surface area contributed by atoms with E-state index in [9.17, 15) is 14.7 Å². The van der Waals surface area contributed by atoms with E-state index in [4.69, 9.17) is 9.15 Å². The lowest BCUT2D eigenvalue weighted by molar-refractivity contribution is -0.895. The van der Waals surface area contributed by atoms with Crippen LogP contribution in [0.1, 0.15) is 43.7 Å². The van der Waals surface area contributed by atoms with E-state index in [2.05, 4.69) is 13.8 Å². The highest BCUT2D eigenvalue weighted by Gasteiger charge is 2.47. The van der Waals surface area contributed by atoms with Crippen molar-refractivity contribution in [3.05, 3.63) is 59.1 Å². The van der Waals surface area contributed by atoms with Gasteiger partial charge in [-0.15, -0.1) is 0 Å². The van der Waals surface area contributed by atoms with Crippen LogP contribution >= 0.6 is 0 Å². The second-order valence-electron chi connectivity index (χ2n) is 8.17. The first-order valence-electron chi connectivity index (χ1n) is 10.9. The summed E-state index contributed by atoms with van der Waals surface area (Å²) in [7, 11) is 0. The van der Waals surface area contributed by atoms with Gasteiger partial charge in [-0.05, 0) is 56.7 Å². The van der Waals surface area contributed by atoms with E-state index in [-0.39, 0.29) is 17.4 Å². The SMILES string of the molecule is CC[NH+](CC)CCN1C(=O)C(=O)C(=C(O)c2ccc3c(c2)C[C@@H](C)O3)[C@@H]1c1ccco1. The van der Waals surface area contributed by atoms with Gasteiger partial charge in [0.15, 0.2) is 0 Å². The summed E-state index contributed by atoms with van der Waals surface area (Å²) in [6, 6.07) is 8.07. The van der Waals surface area contributed by atoms with Crippen LogP contribution < -0.4 is 9.64 Å². The number of likely N-dealkylation sites (N-methyl/N-ethyl adjacent to an activating group) is 1. The highest BCUT2D eigenvalue weighted by molar-refractivity contribution is 6.46. The van der Waals surface area contributed by atoms with Crippen LogP contribution in [0, 0.1) is 0 Å². The quantitative estimate of drug-likeness (QED) is 0.402. The molecule has 0 spiro atoms. The van der Waals surface area contributed by atoms with Crippen molar-refractivity contribution in [2.75, 3.05) is 26.2 Å². The Bertz CT molecular complexity index is 1010. The van der Waals surface area contributed by atoms with Gasteiger partial charge in [-0.3, -0.25) is 9.59 Å². The number of quaternary nitrogens is 1. The van der Waals surface area contributed by atoms with Crippen molar-refractivity contribution in [1.82, 2.24) is 4.90 Å². The molecule has 164 valence electrons. The zero-order chi connectivity index (χ0) is 22.1. The summed E-state index contributed by atoms with van der Waals surface area (Å²) in [6.45, 7) is 9.15. The molecule has 1 amide bonds. The number of benzene rings is 1. The number of nitrogens with zero attached hydrogens (tertiary/aromatic N) is 1. The molecule has 0 unspecified atom stereocenters. The number of hydrogen-bond donors (Lipinski definition) is 2. The molecule has 1 aromatic heterocycles. The molecular weight excluding hydrogens is 396 g/mol. The number of Topliss-reactive ketones (excluding diaryl/α,β-unsaturated/α-hetero) is 1. The van der Waals surface area contributed by atoms with Gasteiger partial charge in [0.25, 0.3) is 11.7 Å². The maximum absolute atomic E-state index is 13.0. The van der Waals surface area contributed by atoms with Gasteiger partial charge in [-0.25, -0.2) is 0 Å². The van der Waals surface area contributed by atoms with Gasteiger partial charge in [-0.1, -0.05) is 0 Å². The predicted molar refractivity (Wildman–Crippen MR) is 115 cm³/mol. The van der Waals surface area contributed by atoms with Crippen molar-refractivity contribution in [1.29, 1.82) is 0 Å². The average molecular weight is 426 g/mol. The summed E-state index contributed by atoms with van der Waals surface area (Å²) >= 11 is 0. The largest absolute Gasteiger partial charge is 0.507 e. The Balaban J connectivity index is 1.74. The molecule has 7 heteroatoms. The number of rotatable bonds is 7. The number of hydrogen-bond acceptors (Lipinski definition) is 5. The van der Waals surface area contributed by atoms with Crippen LogP contribution in [0.3, 0.4) is 0 Å². The molecule has 7 nitrogen and oxygen atoms in total. The molecule has 3 heterocycles. The summed E-state index contributed by atoms with van der Waals surface area (Å²) in [5.41, 5.74) is 1.55. The van der Waals surface area contributed by atoms with E-state index in [1.54, 1.807) is 24.3 Å². The number of aliphatic hydroxyl groups is 1. The Kier molecular flexibility index (Phi) is 5.87. The zero-order valence-corrected chi connectivity index (χ0v) is 18.2. The van der Waals surface area contributed by atoms with Gasteiger partial charge in [-0.2, -0.15) is 0 Å². The molecule has 31 heavy (non-hydrogen) atoms. The molecule has 2 aromatic rings. The lowest BCUT2D eigenvalue weighted by Crippen LogP contribution is -3.12. The second-order valence-corrected chi connectivity index (χ2v) is 8.17. The third-order valence-electron chi connectivity index (χ3n) is 6.23. The number of fused-ring (bicyclic) bond motifs is 1. The molecule has 0 saturated carbocycles. The molecule has 1 aromatic carbocycles. The fourth-order valence-electron chi connectivity index (χ4n) is 4.46. The number of furan rings is 1. The predicted octanol–water partition coefficient (Wildman–Crippen LogP) is 1.95. The van der Waals surface area contributed by atoms with Crippen molar-refractivity contribution < 1.29 is 28.7 Å². The van der Waals surface area contributed by atoms with Crippen LogP contribution in [0.2, 0.25) is 0 Å². The number of aliphatic hydroxyl groups excluding tert-OH is 1. The van der Waals surface area contributed by atoms with E-state index < -0.39 is 17.7 Å². The topological polar surface area (TPSA) is 84.4 Å². The number of likely N-dealkylation sites (tertiary alicyclic amines) is 1. The molecule has 1 saturated heterocycles. The van der Waals surface area contributed by atoms with Gasteiger partial charge in [0.05, 0.1) is 38.0 Å². The Morgan fingerprint density at radius 3 is 2.68 bits per heavy atom. The van der Waals surface area contributed by atoms with Crippen LogP contribution in [0.15, 0.2) is 46.6 Å². The molecule has 1 fully saturated rings. The van der Waals surface area contributed by atoms with Crippen molar-refractivity contribution in [2.24, 2.45) is 0 Å². The molecule has 2 aliphatic rings. The fourth-order valence-corrected chi connectivity index (χ4v) is 4.46. The maximum atomic E-state index is 13.0. The first-order chi connectivity index (χ1) is 14.9. The van der Waals surface area contributed by atoms with Crippen molar-refractivity contribution in [3.63, 3.8) is 0 Å². The van der Waals surface area contributed by atoms with Crippen LogP contribution in [-0.2, 0) is 16.0 Å². The second kappa shape index (κ2) is 8.59. The number of nitrogens with one attached hydrogen (secondary N) is 1. The molecule has 0 aliphatic carbocycles. The Hall–Kier alpha value is -3.06. The maximum Gasteiger partial charge on any atom is 0.295 e. The number of amides is 1. The summed E-state index contributed by atoms with van der Waals surface area (Å²) in [5, 5.41) is 11.2. The molecule has 2 atom stereocenters. The third kappa shape index (κ3) is 3.85. The van der Waals surface area contributed by atoms with Crippen LogP contribution in [0.25, 0.3) is 5.76 Å². The lowest BCUT2D eigenvalue weighted by Gasteiger charge is -2.25. The van der Waals surface area contributed by atoms with E-state index in [0.717, 1.165) is 30.8 Å². The highest BCUT2D eigenvalue weighted by Crippen LogP contribution is 2.40. The van der Waals surface area contributed by atoms with Gasteiger partial charge in [0.2, 0.25) is 0 Å². The zero-order valence-electron chi connectivity index (χ0n) is 18.2. The molecule has 0 bridgehead atoms. The smallest absolute Gasteiger partial charge is 0.295 e. The van der Waals surface area contributed by atoms with E-state index in [1.807, 2.05) is 13.0 Å². The number of ether oxygens (including phenoxy) is 1. The van der Waals surface area contributed by atoms with Crippen LogP contribution in [0.5, 0.6) is 5.75 Å². The summed E-state index contributed by atoms with van der Waals surface area (Å²) in [5.74, 6) is -0.214. The minimum absolute atomic E-state index is 0.0708. The minimum Gasteiger partial charge on any atom is -0.507 e. The number of carbonyl (C=O) groups is 2. The molecule has 2 aliphatic heterocycles. The number of ketones is 1. The summed E-state index contributed by atoms with van der Waals surface area (Å²) < 4.78 is 11.3. The minimum atomic E-state index is -0.742. The molecule has 4 rings (SSSR count). The van der Waals surface area contributed by atoms with Crippen molar-refractivity contribution in [3.8, 4) is 5.75 Å². The molecule has 0 radical (unpaired) electrons. The summed E-state index contributed by atoms with van der Waals surface area (Å²) in [6.07, 6.45) is 2.32. The average Bonchev–Trinajstić information content (AvgIpc) is 3.47. The Morgan fingerprint density at radius 2 is 2.00 bits per heavy atom. The Labute approximate surface area is 181 Å². The molecule has 2 N–H and O–H groups in total. The van der Waals surface area contributed by atoms with Gasteiger partial charge in [0.1, 0.15) is 29.4 Å². The first-order valence-corrected chi connectivity index (χ1v) is 10.9. The van der Waals surface area contributed by atoms with E-state index >= 15 is 0 Å². The summed E-state index contributed by atoms with van der Waals surface area (Å²) in [4.78, 5) is 28.8. The van der Waals surface area contributed by atoms with Gasteiger partial charge >= 0.3 is 0 Å². The highest BCUT2D eigenvalue weighted by atomic mass is 16.5. The van der Waals surface area contributed by atoms with Crippen molar-refractivity contribution in [2.45, 2.75) is 39.3 Å². The van der Waals surface area contributed by atoms with E-state index in [1.165, 1.54) is 16.1 Å². The van der Waals surface area contributed by atoms with Crippen LogP contribution in [0.4, 0.5) is 0 Å². The fraction of sp³-hybridized carbons (Fsp3) is 0.417. The Morgan fingerprint density at radius 1 is 1.23 bits per heavy atom. The van der Waals surface area contributed by atoms with Gasteiger partial charge < -0.3 is 24.1 Å². The first kappa shape index (κ1) is 21.2. The third-order valence-corrected chi connectivity index (χ3v) is 6.23. The van der Waals surface area contributed by atoms with Crippen molar-refractivity contribution >= 4 is 17.4 Å². The number of carbonyl (C=O) groups excluding carboxylic acids is 2. The monoisotopic (exact) mass is 425 g/mol. The standard InChI is InChI=1S/C24H28N2O5/c1-4-25(5-2)10-11-26-21(19-7-6-12-30-19)20(23(28)24(26)29)22(27)16-8-9-18-17(14-16)13-15(3)31-18/h6-9,12,14-15,21,27H,4-5,10-11,13H2,1-3H3/p+1/t15-,21+/m1/s1. The normalized spacial score (nSPS) is 22.3. The lowest BCUT2D eigenvalue weighted by atomic mass is 9.97. The van der Waals surface area contributed by atoms with Gasteiger partial charge in [0, 0.05) is 12.0 Å².